The molecule has 0 radical (unpaired) electrons. The Hall–Kier alpha value is -6.13. The van der Waals surface area contributed by atoms with Crippen molar-refractivity contribution in [1.29, 1.82) is 0 Å². The van der Waals surface area contributed by atoms with Gasteiger partial charge in [0.1, 0.15) is 11.2 Å². The molecule has 0 aliphatic carbocycles. The topological polar surface area (TPSA) is 51.8 Å². The molecule has 0 atom stereocenters. The molecule has 0 amide bonds. The average molecular weight is 576 g/mol. The van der Waals surface area contributed by atoms with Crippen molar-refractivity contribution in [3.8, 4) is 45.3 Å². The van der Waals surface area contributed by atoms with E-state index < -0.39 is 0 Å². The molecule has 0 aliphatic rings. The minimum Gasteiger partial charge on any atom is -0.456 e. The number of benzene rings is 7. The van der Waals surface area contributed by atoms with Crippen molar-refractivity contribution in [2.45, 2.75) is 0 Å². The quantitative estimate of drug-likeness (QED) is 0.209. The number of para-hydroxylation sites is 1. The van der Waals surface area contributed by atoms with Gasteiger partial charge in [0, 0.05) is 27.5 Å². The van der Waals surface area contributed by atoms with Crippen LogP contribution in [0.25, 0.3) is 88.8 Å². The Bertz CT molecular complexity index is 2450. The van der Waals surface area contributed by atoms with Crippen molar-refractivity contribution < 1.29 is 4.42 Å². The maximum absolute atomic E-state index is 6.14. The van der Waals surface area contributed by atoms with Gasteiger partial charge in [-0.3, -0.25) is 0 Å². The molecule has 210 valence electrons. The van der Waals surface area contributed by atoms with Crippen LogP contribution in [0.2, 0.25) is 0 Å². The van der Waals surface area contributed by atoms with Crippen molar-refractivity contribution >= 4 is 43.5 Å². The highest BCUT2D eigenvalue weighted by Gasteiger charge is 2.15. The summed E-state index contributed by atoms with van der Waals surface area (Å²) in [4.78, 5) is 15.0. The smallest absolute Gasteiger partial charge is 0.164 e. The third-order valence-corrected chi connectivity index (χ3v) is 8.51. The molecule has 0 bridgehead atoms. The second-order valence-corrected chi connectivity index (χ2v) is 11.3. The van der Waals surface area contributed by atoms with Crippen LogP contribution >= 0.6 is 0 Å². The van der Waals surface area contributed by atoms with Crippen LogP contribution in [0, 0.1) is 0 Å². The fourth-order valence-electron chi connectivity index (χ4n) is 6.23. The number of aromatic nitrogens is 3. The third kappa shape index (κ3) is 4.43. The molecule has 0 spiro atoms. The molecular weight excluding hydrogens is 550 g/mol. The molecule has 0 saturated heterocycles. The summed E-state index contributed by atoms with van der Waals surface area (Å²) in [7, 11) is 0. The van der Waals surface area contributed by atoms with Crippen molar-refractivity contribution in [3.05, 3.63) is 152 Å². The van der Waals surface area contributed by atoms with Crippen molar-refractivity contribution in [3.63, 3.8) is 0 Å². The van der Waals surface area contributed by atoms with Gasteiger partial charge < -0.3 is 4.42 Å². The Morgan fingerprint density at radius 2 is 0.844 bits per heavy atom. The first-order valence-electron chi connectivity index (χ1n) is 15.0. The zero-order valence-electron chi connectivity index (χ0n) is 24.2. The summed E-state index contributed by atoms with van der Waals surface area (Å²) < 4.78 is 6.14. The number of furan rings is 1. The van der Waals surface area contributed by atoms with Gasteiger partial charge in [-0.1, -0.05) is 127 Å². The molecule has 2 aromatic heterocycles. The molecule has 9 aromatic rings. The van der Waals surface area contributed by atoms with Gasteiger partial charge in [0.15, 0.2) is 17.5 Å². The maximum Gasteiger partial charge on any atom is 0.164 e. The summed E-state index contributed by atoms with van der Waals surface area (Å²) in [6, 6.07) is 52.3. The van der Waals surface area contributed by atoms with Crippen molar-refractivity contribution in [2.24, 2.45) is 0 Å². The maximum atomic E-state index is 6.14. The molecule has 2 heterocycles. The predicted molar refractivity (Wildman–Crippen MR) is 184 cm³/mol. The number of nitrogens with zero attached hydrogens (tertiary/aromatic N) is 3. The van der Waals surface area contributed by atoms with Gasteiger partial charge in [-0.25, -0.2) is 15.0 Å². The average Bonchev–Trinajstić information content (AvgIpc) is 3.50. The fourth-order valence-corrected chi connectivity index (χ4v) is 6.23. The first kappa shape index (κ1) is 25.4. The van der Waals surface area contributed by atoms with Gasteiger partial charge in [-0.15, -0.1) is 0 Å². The number of hydrogen-bond acceptors (Lipinski definition) is 4. The zero-order valence-corrected chi connectivity index (χ0v) is 24.2. The van der Waals surface area contributed by atoms with Gasteiger partial charge >= 0.3 is 0 Å². The molecule has 0 N–H and O–H groups in total. The van der Waals surface area contributed by atoms with E-state index in [0.717, 1.165) is 60.5 Å². The second kappa shape index (κ2) is 10.2. The van der Waals surface area contributed by atoms with E-state index in [-0.39, 0.29) is 0 Å². The molecule has 45 heavy (non-hydrogen) atoms. The number of rotatable bonds is 4. The van der Waals surface area contributed by atoms with Crippen LogP contribution in [0.1, 0.15) is 0 Å². The van der Waals surface area contributed by atoms with E-state index in [1.54, 1.807) is 0 Å². The summed E-state index contributed by atoms with van der Waals surface area (Å²) >= 11 is 0. The van der Waals surface area contributed by atoms with Crippen LogP contribution in [-0.2, 0) is 0 Å². The largest absolute Gasteiger partial charge is 0.456 e. The summed E-state index contributed by atoms with van der Waals surface area (Å²) in [6.07, 6.45) is 0. The Morgan fingerprint density at radius 3 is 1.49 bits per heavy atom. The SMILES string of the molecule is c1ccc2cc(-c3nc(-c4ccc(-c5cccc6oc7ccccc7c56)cc4)nc(-c4ccc5ccccc5c4)n3)ccc2c1. The van der Waals surface area contributed by atoms with Gasteiger partial charge in [0.25, 0.3) is 0 Å². The first-order chi connectivity index (χ1) is 22.3. The Kier molecular flexibility index (Phi) is 5.78. The van der Waals surface area contributed by atoms with Crippen LogP contribution in [0.4, 0.5) is 0 Å². The predicted octanol–water partition coefficient (Wildman–Crippen LogP) is 10.7. The summed E-state index contributed by atoms with van der Waals surface area (Å²) in [5, 5.41) is 6.90. The minimum absolute atomic E-state index is 0.634. The zero-order chi connectivity index (χ0) is 29.7. The number of hydrogen-bond donors (Lipinski definition) is 0. The lowest BCUT2D eigenvalue weighted by Gasteiger charge is -2.10. The molecule has 0 aliphatic heterocycles. The highest BCUT2D eigenvalue weighted by atomic mass is 16.3. The lowest BCUT2D eigenvalue weighted by molar-refractivity contribution is 0.669. The normalized spacial score (nSPS) is 11.6. The van der Waals surface area contributed by atoms with Crippen LogP contribution in [0.15, 0.2) is 156 Å². The van der Waals surface area contributed by atoms with Crippen molar-refractivity contribution in [1.82, 2.24) is 15.0 Å². The van der Waals surface area contributed by atoms with E-state index in [4.69, 9.17) is 19.4 Å². The van der Waals surface area contributed by atoms with E-state index in [0.29, 0.717) is 17.5 Å². The van der Waals surface area contributed by atoms with Crippen LogP contribution in [0.5, 0.6) is 0 Å². The monoisotopic (exact) mass is 575 g/mol. The van der Waals surface area contributed by atoms with Gasteiger partial charge in [-0.2, -0.15) is 0 Å². The molecule has 7 aromatic carbocycles. The molecule has 0 fully saturated rings. The van der Waals surface area contributed by atoms with Crippen molar-refractivity contribution in [2.75, 3.05) is 0 Å². The van der Waals surface area contributed by atoms with Crippen LogP contribution in [0.3, 0.4) is 0 Å². The molecule has 0 saturated carbocycles. The third-order valence-electron chi connectivity index (χ3n) is 8.51. The lowest BCUT2D eigenvalue weighted by Crippen LogP contribution is -2.00. The van der Waals surface area contributed by atoms with Gasteiger partial charge in [0.2, 0.25) is 0 Å². The standard InChI is InChI=1S/C41H25N3O/c1-3-10-30-24-32(22-16-26(30)8-1)40-42-39(43-41(44-40)33-23-17-27-9-2-4-11-31(27)25-33)29-20-18-28(19-21-29)34-13-7-15-37-38(34)35-12-5-6-14-36(35)45-37/h1-25H. The summed E-state index contributed by atoms with van der Waals surface area (Å²) in [5.74, 6) is 1.93. The number of fused-ring (bicyclic) bond motifs is 5. The van der Waals surface area contributed by atoms with Crippen LogP contribution < -0.4 is 0 Å². The van der Waals surface area contributed by atoms with E-state index in [9.17, 15) is 0 Å². The Morgan fingerprint density at radius 1 is 0.356 bits per heavy atom. The molecular formula is C41H25N3O. The fraction of sp³-hybridized carbons (Fsp3) is 0. The van der Waals surface area contributed by atoms with E-state index in [1.807, 2.05) is 24.3 Å². The van der Waals surface area contributed by atoms with E-state index in [1.165, 1.54) is 10.8 Å². The summed E-state index contributed by atoms with van der Waals surface area (Å²) in [5.41, 5.74) is 6.85. The first-order valence-corrected chi connectivity index (χ1v) is 15.0. The Balaban J connectivity index is 1.18. The lowest BCUT2D eigenvalue weighted by atomic mass is 9.98. The van der Waals surface area contributed by atoms with Crippen LogP contribution in [-0.4, -0.2) is 15.0 Å². The van der Waals surface area contributed by atoms with E-state index in [2.05, 4.69) is 127 Å². The molecule has 9 rings (SSSR count). The minimum atomic E-state index is 0.634. The van der Waals surface area contributed by atoms with Gasteiger partial charge in [-0.05, 0) is 56.9 Å². The second-order valence-electron chi connectivity index (χ2n) is 11.3. The Labute approximate surface area is 259 Å². The highest BCUT2D eigenvalue weighted by Crippen LogP contribution is 2.37. The summed E-state index contributed by atoms with van der Waals surface area (Å²) in [6.45, 7) is 0. The van der Waals surface area contributed by atoms with Gasteiger partial charge in [0.05, 0.1) is 0 Å². The molecule has 0 unspecified atom stereocenters. The highest BCUT2D eigenvalue weighted by molar-refractivity contribution is 6.12. The van der Waals surface area contributed by atoms with E-state index >= 15 is 0 Å². The molecule has 4 heteroatoms. The molecule has 4 nitrogen and oxygen atoms in total.